The molecule has 0 amide bonds. The van der Waals surface area contributed by atoms with E-state index in [1.807, 2.05) is 4.90 Å². The third-order valence-corrected chi connectivity index (χ3v) is 2.12. The van der Waals surface area contributed by atoms with Crippen LogP contribution in [0, 0.1) is 5.41 Å². The Hall–Kier alpha value is -0.750. The molecule has 15 heavy (non-hydrogen) atoms. The minimum Gasteiger partial charge on any atom is -0.378 e. The first kappa shape index (κ1) is 12.3. The number of amidine groups is 1. The highest BCUT2D eigenvalue weighted by atomic mass is 19.3. The minimum atomic E-state index is -2.43. The van der Waals surface area contributed by atoms with Gasteiger partial charge in [-0.3, -0.25) is 5.41 Å². The molecular formula is C9H16F2N2O2. The molecule has 1 saturated heterocycles. The van der Waals surface area contributed by atoms with Crippen LogP contribution in [-0.4, -0.2) is 56.7 Å². The average Bonchev–Trinajstić information content (AvgIpc) is 2.25. The highest BCUT2D eigenvalue weighted by molar-refractivity contribution is 5.79. The van der Waals surface area contributed by atoms with Crippen molar-refractivity contribution in [1.29, 1.82) is 5.41 Å². The number of ether oxygens (including phenoxy) is 2. The summed E-state index contributed by atoms with van der Waals surface area (Å²) in [6.07, 6.45) is -2.05. The first-order valence-corrected chi connectivity index (χ1v) is 4.96. The Balaban J connectivity index is 2.07. The second kappa shape index (κ2) is 6.68. The van der Waals surface area contributed by atoms with Crippen LogP contribution in [-0.2, 0) is 9.47 Å². The highest BCUT2D eigenvalue weighted by Crippen LogP contribution is 2.01. The smallest absolute Gasteiger partial charge is 0.261 e. The lowest BCUT2D eigenvalue weighted by Gasteiger charge is -2.28. The Labute approximate surface area is 87.7 Å². The zero-order valence-corrected chi connectivity index (χ0v) is 8.55. The van der Waals surface area contributed by atoms with Gasteiger partial charge in [-0.1, -0.05) is 0 Å². The van der Waals surface area contributed by atoms with Gasteiger partial charge >= 0.3 is 0 Å². The topological polar surface area (TPSA) is 45.5 Å². The van der Waals surface area contributed by atoms with Crippen molar-refractivity contribution in [2.75, 3.05) is 39.5 Å². The number of alkyl halides is 2. The lowest BCUT2D eigenvalue weighted by atomic mass is 10.3. The molecule has 0 spiro atoms. The third kappa shape index (κ3) is 5.03. The number of hydrogen-bond donors (Lipinski definition) is 1. The van der Waals surface area contributed by atoms with E-state index in [2.05, 4.69) is 0 Å². The maximum absolute atomic E-state index is 11.7. The number of morpholine rings is 1. The van der Waals surface area contributed by atoms with Crippen LogP contribution in [0.15, 0.2) is 0 Å². The van der Waals surface area contributed by atoms with Gasteiger partial charge in [-0.15, -0.1) is 0 Å². The van der Waals surface area contributed by atoms with E-state index in [1.165, 1.54) is 0 Å². The fraction of sp³-hybridized carbons (Fsp3) is 0.889. The van der Waals surface area contributed by atoms with Gasteiger partial charge in [0, 0.05) is 19.5 Å². The number of rotatable bonds is 5. The van der Waals surface area contributed by atoms with Crippen molar-refractivity contribution in [3.8, 4) is 0 Å². The van der Waals surface area contributed by atoms with Crippen LogP contribution in [0.2, 0.25) is 0 Å². The molecule has 1 aliphatic heterocycles. The summed E-state index contributed by atoms with van der Waals surface area (Å²) >= 11 is 0. The van der Waals surface area contributed by atoms with E-state index in [0.29, 0.717) is 38.6 Å². The fourth-order valence-corrected chi connectivity index (χ4v) is 1.33. The summed E-state index contributed by atoms with van der Waals surface area (Å²) in [5.74, 6) is 0.438. The molecule has 0 radical (unpaired) electrons. The fourth-order valence-electron chi connectivity index (χ4n) is 1.33. The summed E-state index contributed by atoms with van der Waals surface area (Å²) < 4.78 is 33.3. The molecular weight excluding hydrogens is 206 g/mol. The number of hydrogen-bond acceptors (Lipinski definition) is 3. The zero-order chi connectivity index (χ0) is 11.1. The largest absolute Gasteiger partial charge is 0.378 e. The molecule has 0 saturated carbocycles. The molecule has 0 aromatic rings. The predicted octanol–water partition coefficient (Wildman–Crippen LogP) is 0.968. The monoisotopic (exact) mass is 222 g/mol. The van der Waals surface area contributed by atoms with Crippen LogP contribution in [0.4, 0.5) is 8.78 Å². The van der Waals surface area contributed by atoms with Crippen LogP contribution in [0.3, 0.4) is 0 Å². The first-order valence-electron chi connectivity index (χ1n) is 4.96. The maximum Gasteiger partial charge on any atom is 0.261 e. The molecule has 0 aliphatic carbocycles. The molecule has 0 aromatic carbocycles. The van der Waals surface area contributed by atoms with Crippen molar-refractivity contribution in [2.24, 2.45) is 0 Å². The summed E-state index contributed by atoms with van der Waals surface area (Å²) in [6, 6.07) is 0. The zero-order valence-electron chi connectivity index (χ0n) is 8.55. The standard InChI is InChI=1S/C9H16F2N2O2/c10-8(11)7-15-4-1-9(12)13-2-5-14-6-3-13/h8,12H,1-7H2. The second-order valence-electron chi connectivity index (χ2n) is 3.26. The lowest BCUT2D eigenvalue weighted by Crippen LogP contribution is -2.40. The summed E-state index contributed by atoms with van der Waals surface area (Å²) in [6.45, 7) is 2.29. The Bertz CT molecular complexity index is 197. The van der Waals surface area contributed by atoms with Crippen molar-refractivity contribution in [3.63, 3.8) is 0 Å². The second-order valence-corrected chi connectivity index (χ2v) is 3.26. The Kier molecular flexibility index (Phi) is 5.49. The van der Waals surface area contributed by atoms with Crippen LogP contribution < -0.4 is 0 Å². The van der Waals surface area contributed by atoms with Gasteiger partial charge in [0.15, 0.2) is 0 Å². The van der Waals surface area contributed by atoms with Gasteiger partial charge in [0.2, 0.25) is 0 Å². The molecule has 0 bridgehead atoms. The van der Waals surface area contributed by atoms with Crippen molar-refractivity contribution < 1.29 is 18.3 Å². The van der Waals surface area contributed by atoms with Gasteiger partial charge in [0.05, 0.1) is 25.7 Å². The number of nitrogens with one attached hydrogen (secondary N) is 1. The third-order valence-electron chi connectivity index (χ3n) is 2.12. The molecule has 0 aromatic heterocycles. The molecule has 4 nitrogen and oxygen atoms in total. The molecule has 88 valence electrons. The molecule has 0 unspecified atom stereocenters. The molecule has 1 rings (SSSR count). The van der Waals surface area contributed by atoms with Gasteiger partial charge in [0.1, 0.15) is 6.61 Å². The predicted molar refractivity (Wildman–Crippen MR) is 51.6 cm³/mol. The normalized spacial score (nSPS) is 17.1. The maximum atomic E-state index is 11.7. The van der Waals surface area contributed by atoms with E-state index < -0.39 is 13.0 Å². The molecule has 1 aliphatic rings. The van der Waals surface area contributed by atoms with Crippen molar-refractivity contribution in [3.05, 3.63) is 0 Å². The van der Waals surface area contributed by atoms with E-state index in [4.69, 9.17) is 14.9 Å². The van der Waals surface area contributed by atoms with Crippen molar-refractivity contribution in [1.82, 2.24) is 4.90 Å². The summed E-state index contributed by atoms with van der Waals surface area (Å²) in [4.78, 5) is 1.88. The van der Waals surface area contributed by atoms with E-state index >= 15 is 0 Å². The van der Waals surface area contributed by atoms with Gasteiger partial charge in [-0.2, -0.15) is 0 Å². The van der Waals surface area contributed by atoms with Crippen LogP contribution in [0.1, 0.15) is 6.42 Å². The van der Waals surface area contributed by atoms with Gasteiger partial charge in [-0.25, -0.2) is 8.78 Å². The van der Waals surface area contributed by atoms with Gasteiger partial charge in [-0.05, 0) is 0 Å². The summed E-state index contributed by atoms with van der Waals surface area (Å²) in [5.41, 5.74) is 0. The summed E-state index contributed by atoms with van der Waals surface area (Å²) in [7, 11) is 0. The van der Waals surface area contributed by atoms with Crippen LogP contribution in [0.25, 0.3) is 0 Å². The molecule has 1 fully saturated rings. The lowest BCUT2D eigenvalue weighted by molar-refractivity contribution is 0.0186. The highest BCUT2D eigenvalue weighted by Gasteiger charge is 2.13. The van der Waals surface area contributed by atoms with E-state index in [-0.39, 0.29) is 6.61 Å². The molecule has 1 N–H and O–H groups in total. The van der Waals surface area contributed by atoms with Crippen molar-refractivity contribution >= 4 is 5.84 Å². The molecule has 1 heterocycles. The Morgan fingerprint density at radius 3 is 2.67 bits per heavy atom. The Morgan fingerprint density at radius 1 is 1.40 bits per heavy atom. The van der Waals surface area contributed by atoms with Crippen LogP contribution in [0.5, 0.6) is 0 Å². The molecule has 0 atom stereocenters. The van der Waals surface area contributed by atoms with E-state index in [1.54, 1.807) is 0 Å². The van der Waals surface area contributed by atoms with Crippen molar-refractivity contribution in [2.45, 2.75) is 12.8 Å². The number of nitrogens with zero attached hydrogens (tertiary/aromatic N) is 1. The average molecular weight is 222 g/mol. The van der Waals surface area contributed by atoms with Gasteiger partial charge < -0.3 is 14.4 Å². The van der Waals surface area contributed by atoms with E-state index in [0.717, 1.165) is 0 Å². The summed E-state index contributed by atoms with van der Waals surface area (Å²) in [5, 5.41) is 7.67. The molecule has 6 heteroatoms. The first-order chi connectivity index (χ1) is 7.20. The van der Waals surface area contributed by atoms with E-state index in [9.17, 15) is 8.78 Å². The number of halogens is 2. The Morgan fingerprint density at radius 2 is 2.07 bits per heavy atom. The minimum absolute atomic E-state index is 0.181. The van der Waals surface area contributed by atoms with Crippen LogP contribution >= 0.6 is 0 Å². The SMILES string of the molecule is N=C(CCOCC(F)F)N1CCOCC1. The van der Waals surface area contributed by atoms with Gasteiger partial charge in [0.25, 0.3) is 6.43 Å². The quantitative estimate of drug-likeness (QED) is 0.428.